The molecule has 3 rings (SSSR count). The number of hydrogen-bond acceptors (Lipinski definition) is 5. The van der Waals surface area contributed by atoms with Crippen molar-refractivity contribution in [3.05, 3.63) is 35.7 Å². The Morgan fingerprint density at radius 1 is 1.15 bits per heavy atom. The first-order valence-electron chi connectivity index (χ1n) is 8.41. The maximum atomic E-state index is 12.3. The van der Waals surface area contributed by atoms with E-state index in [4.69, 9.17) is 4.42 Å². The molecule has 1 heterocycles. The predicted molar refractivity (Wildman–Crippen MR) is 85.8 cm³/mol. The summed E-state index contributed by atoms with van der Waals surface area (Å²) in [5.41, 5.74) is -0.0130. The van der Waals surface area contributed by atoms with Crippen LogP contribution in [0.4, 0.5) is 19.2 Å². The van der Waals surface area contributed by atoms with Gasteiger partial charge in [0.2, 0.25) is 5.89 Å². The fourth-order valence-electron chi connectivity index (χ4n) is 2.98. The van der Waals surface area contributed by atoms with E-state index in [1.165, 1.54) is 25.0 Å². The SMILES string of the molecule is O=C(Nc1nnc(C2CCCCCC2)o1)c1cccc(OC(F)(F)F)c1. The van der Waals surface area contributed by atoms with Gasteiger partial charge in [0.05, 0.1) is 0 Å². The highest BCUT2D eigenvalue weighted by molar-refractivity contribution is 6.03. The second-order valence-corrected chi connectivity index (χ2v) is 6.16. The van der Waals surface area contributed by atoms with Gasteiger partial charge in [-0.15, -0.1) is 18.3 Å². The first-order valence-corrected chi connectivity index (χ1v) is 8.41. The molecule has 1 aromatic heterocycles. The molecule has 0 saturated heterocycles. The van der Waals surface area contributed by atoms with E-state index in [-0.39, 0.29) is 17.5 Å². The molecule has 1 aliphatic rings. The second-order valence-electron chi connectivity index (χ2n) is 6.16. The molecule has 2 aromatic rings. The topological polar surface area (TPSA) is 77.3 Å². The van der Waals surface area contributed by atoms with Gasteiger partial charge in [-0.25, -0.2) is 0 Å². The highest BCUT2D eigenvalue weighted by Gasteiger charge is 2.31. The van der Waals surface area contributed by atoms with Gasteiger partial charge in [-0.1, -0.05) is 36.8 Å². The van der Waals surface area contributed by atoms with Gasteiger partial charge in [0.15, 0.2) is 0 Å². The van der Waals surface area contributed by atoms with Crippen molar-refractivity contribution < 1.29 is 27.1 Å². The summed E-state index contributed by atoms with van der Waals surface area (Å²) < 4.78 is 46.1. The number of nitrogens with zero attached hydrogens (tertiary/aromatic N) is 2. The fourth-order valence-corrected chi connectivity index (χ4v) is 2.98. The number of rotatable bonds is 4. The van der Waals surface area contributed by atoms with E-state index in [1.54, 1.807) is 0 Å². The number of aromatic nitrogens is 2. The number of halogens is 3. The number of anilines is 1. The molecule has 1 aromatic carbocycles. The highest BCUT2D eigenvalue weighted by Crippen LogP contribution is 2.31. The first kappa shape index (κ1) is 18.2. The van der Waals surface area contributed by atoms with Gasteiger partial charge in [-0.3, -0.25) is 10.1 Å². The maximum absolute atomic E-state index is 12.3. The van der Waals surface area contributed by atoms with Crippen molar-refractivity contribution in [1.29, 1.82) is 0 Å². The van der Waals surface area contributed by atoms with Crippen molar-refractivity contribution in [3.8, 4) is 5.75 Å². The van der Waals surface area contributed by atoms with Gasteiger partial charge in [-0.2, -0.15) is 0 Å². The van der Waals surface area contributed by atoms with E-state index in [0.29, 0.717) is 5.89 Å². The number of benzene rings is 1. The number of hydrogen-bond donors (Lipinski definition) is 1. The van der Waals surface area contributed by atoms with Crippen LogP contribution in [0.15, 0.2) is 28.7 Å². The first-order chi connectivity index (χ1) is 12.4. The Hall–Kier alpha value is -2.58. The van der Waals surface area contributed by atoms with E-state index in [2.05, 4.69) is 20.3 Å². The van der Waals surface area contributed by atoms with Crippen molar-refractivity contribution in [1.82, 2.24) is 10.2 Å². The monoisotopic (exact) mass is 369 g/mol. The Bertz CT molecular complexity index is 753. The van der Waals surface area contributed by atoms with E-state index < -0.39 is 18.0 Å². The van der Waals surface area contributed by atoms with Gasteiger partial charge in [0.25, 0.3) is 5.91 Å². The summed E-state index contributed by atoms with van der Waals surface area (Å²) in [7, 11) is 0. The molecule has 140 valence electrons. The Morgan fingerprint density at radius 2 is 1.88 bits per heavy atom. The number of ether oxygens (including phenoxy) is 1. The summed E-state index contributed by atoms with van der Waals surface area (Å²) >= 11 is 0. The van der Waals surface area contributed by atoms with Gasteiger partial charge < -0.3 is 9.15 Å². The van der Waals surface area contributed by atoms with Crippen LogP contribution < -0.4 is 10.1 Å². The van der Waals surface area contributed by atoms with Crippen molar-refractivity contribution >= 4 is 11.9 Å². The van der Waals surface area contributed by atoms with Gasteiger partial charge in [0, 0.05) is 11.5 Å². The molecule has 0 unspecified atom stereocenters. The molecule has 1 fully saturated rings. The van der Waals surface area contributed by atoms with E-state index in [9.17, 15) is 18.0 Å². The summed E-state index contributed by atoms with van der Waals surface area (Å²) in [5, 5.41) is 10.2. The molecule has 1 saturated carbocycles. The zero-order valence-electron chi connectivity index (χ0n) is 13.9. The number of nitrogens with one attached hydrogen (secondary N) is 1. The van der Waals surface area contributed by atoms with E-state index >= 15 is 0 Å². The molecule has 9 heteroatoms. The molecule has 0 aliphatic heterocycles. The molecule has 0 bridgehead atoms. The lowest BCUT2D eigenvalue weighted by Crippen LogP contribution is -2.18. The quantitative estimate of drug-likeness (QED) is 0.793. The van der Waals surface area contributed by atoms with Crippen LogP contribution in [0, 0.1) is 0 Å². The minimum Gasteiger partial charge on any atom is -0.408 e. The van der Waals surface area contributed by atoms with Crippen LogP contribution in [-0.4, -0.2) is 22.5 Å². The molecular weight excluding hydrogens is 351 g/mol. The van der Waals surface area contributed by atoms with Crippen molar-refractivity contribution in [2.24, 2.45) is 0 Å². The van der Waals surface area contributed by atoms with Gasteiger partial charge in [0.1, 0.15) is 5.75 Å². The second kappa shape index (κ2) is 7.76. The highest BCUT2D eigenvalue weighted by atomic mass is 19.4. The third kappa shape index (κ3) is 4.96. The molecule has 0 spiro atoms. The zero-order chi connectivity index (χ0) is 18.6. The third-order valence-corrected chi connectivity index (χ3v) is 4.20. The predicted octanol–water partition coefficient (Wildman–Crippen LogP) is 4.66. The zero-order valence-corrected chi connectivity index (χ0v) is 13.9. The average Bonchev–Trinajstić information content (AvgIpc) is 2.87. The van der Waals surface area contributed by atoms with Crippen molar-refractivity contribution in [2.75, 3.05) is 5.32 Å². The van der Waals surface area contributed by atoms with E-state index in [1.807, 2.05) is 0 Å². The molecule has 0 radical (unpaired) electrons. The maximum Gasteiger partial charge on any atom is 0.573 e. The summed E-state index contributed by atoms with van der Waals surface area (Å²) in [6.45, 7) is 0. The lowest BCUT2D eigenvalue weighted by Gasteiger charge is -2.09. The molecule has 1 aliphatic carbocycles. The van der Waals surface area contributed by atoms with Crippen LogP contribution in [0.1, 0.15) is 60.7 Å². The number of carbonyl (C=O) groups excluding carboxylic acids is 1. The minimum absolute atomic E-state index is 0.0130. The molecule has 1 N–H and O–H groups in total. The van der Waals surface area contributed by atoms with Crippen LogP contribution in [0.3, 0.4) is 0 Å². The van der Waals surface area contributed by atoms with Crippen LogP contribution in [-0.2, 0) is 0 Å². The molecule has 6 nitrogen and oxygen atoms in total. The fraction of sp³-hybridized carbons (Fsp3) is 0.471. The standard InChI is InChI=1S/C17H18F3N3O3/c18-17(19,20)26-13-9-5-8-12(10-13)14(24)21-16-23-22-15(25-16)11-6-3-1-2-4-7-11/h5,8-11H,1-4,6-7H2,(H,21,23,24). The Morgan fingerprint density at radius 3 is 2.58 bits per heavy atom. The summed E-state index contributed by atoms with van der Waals surface area (Å²) in [6.07, 6.45) is 1.67. The summed E-state index contributed by atoms with van der Waals surface area (Å²) in [5.74, 6) is -0.473. The largest absolute Gasteiger partial charge is 0.573 e. The summed E-state index contributed by atoms with van der Waals surface area (Å²) in [4.78, 5) is 12.2. The van der Waals surface area contributed by atoms with Crippen LogP contribution >= 0.6 is 0 Å². The number of amides is 1. The number of carbonyl (C=O) groups is 1. The third-order valence-electron chi connectivity index (χ3n) is 4.20. The Kier molecular flexibility index (Phi) is 5.43. The van der Waals surface area contributed by atoms with E-state index in [0.717, 1.165) is 37.8 Å². The minimum atomic E-state index is -4.82. The van der Waals surface area contributed by atoms with Gasteiger partial charge >= 0.3 is 12.4 Å². The summed E-state index contributed by atoms with van der Waals surface area (Å²) in [6, 6.07) is 4.69. The smallest absolute Gasteiger partial charge is 0.408 e. The normalized spacial score (nSPS) is 16.1. The Balaban J connectivity index is 1.66. The molecule has 0 atom stereocenters. The van der Waals surface area contributed by atoms with Crippen LogP contribution in [0.25, 0.3) is 0 Å². The molecule has 1 amide bonds. The van der Waals surface area contributed by atoms with Crippen molar-refractivity contribution in [2.45, 2.75) is 50.8 Å². The lowest BCUT2D eigenvalue weighted by atomic mass is 10.0. The molecule has 26 heavy (non-hydrogen) atoms. The van der Waals surface area contributed by atoms with Crippen LogP contribution in [0.2, 0.25) is 0 Å². The van der Waals surface area contributed by atoms with Gasteiger partial charge in [-0.05, 0) is 31.0 Å². The van der Waals surface area contributed by atoms with Crippen LogP contribution in [0.5, 0.6) is 5.75 Å². The number of alkyl halides is 3. The lowest BCUT2D eigenvalue weighted by molar-refractivity contribution is -0.274. The Labute approximate surface area is 147 Å². The average molecular weight is 369 g/mol. The molecular formula is C17H18F3N3O3. The van der Waals surface area contributed by atoms with Crippen molar-refractivity contribution in [3.63, 3.8) is 0 Å².